The smallest absolute Gasteiger partial charge is 0.339 e. The van der Waals surface area contributed by atoms with Gasteiger partial charge < -0.3 is 4.74 Å². The summed E-state index contributed by atoms with van der Waals surface area (Å²) in [5.74, 6) is 1.72. The molecule has 41 heavy (non-hydrogen) atoms. The van der Waals surface area contributed by atoms with Gasteiger partial charge in [0.15, 0.2) is 5.65 Å². The Hall–Kier alpha value is -5.68. The zero-order valence-electron chi connectivity index (χ0n) is 21.8. The molecule has 5 nitrogen and oxygen atoms in total. The molecule has 1 aliphatic rings. The standard InChI is InChI=1S/C36H21N3O2/c40-36-38(23-9-2-1-3-10-23)31-21-22(17-18-28(31)35-37-29-13-5-6-14-30(29)39(35)36)24-19-20-27-25-11-4-7-15-32(25)41-33-16-8-12-26(24)34(27)33/h1-21H. The lowest BCUT2D eigenvalue weighted by atomic mass is 9.90. The molecule has 0 aliphatic carbocycles. The van der Waals surface area contributed by atoms with Crippen LogP contribution in [0, 0.1) is 0 Å². The Morgan fingerprint density at radius 2 is 1.37 bits per heavy atom. The summed E-state index contributed by atoms with van der Waals surface area (Å²) in [5.41, 5.74) is 8.07. The fourth-order valence-electron chi connectivity index (χ4n) is 6.33. The molecule has 0 bridgehead atoms. The summed E-state index contributed by atoms with van der Waals surface area (Å²) in [6.07, 6.45) is 0. The van der Waals surface area contributed by atoms with Crippen molar-refractivity contribution in [3.8, 4) is 39.4 Å². The minimum Gasteiger partial charge on any atom is -0.456 e. The van der Waals surface area contributed by atoms with Gasteiger partial charge in [-0.1, -0.05) is 78.9 Å². The van der Waals surface area contributed by atoms with Gasteiger partial charge in [0.25, 0.3) is 0 Å². The number of para-hydroxylation sites is 4. The first-order valence-corrected chi connectivity index (χ1v) is 13.6. The lowest BCUT2D eigenvalue weighted by Crippen LogP contribution is -2.25. The minimum absolute atomic E-state index is 0.147. The van der Waals surface area contributed by atoms with Gasteiger partial charge in [0.2, 0.25) is 0 Å². The van der Waals surface area contributed by atoms with E-state index in [9.17, 15) is 4.79 Å². The van der Waals surface area contributed by atoms with Crippen molar-refractivity contribution in [2.45, 2.75) is 0 Å². The third-order valence-corrected chi connectivity index (χ3v) is 8.15. The first-order chi connectivity index (χ1) is 20.3. The van der Waals surface area contributed by atoms with Crippen molar-refractivity contribution in [1.29, 1.82) is 0 Å². The predicted octanol–water partition coefficient (Wildman–Crippen LogP) is 8.38. The number of fused-ring (bicyclic) bond motifs is 7. The maximum absolute atomic E-state index is 14.2. The summed E-state index contributed by atoms with van der Waals surface area (Å²) in [6.45, 7) is 0. The average Bonchev–Trinajstić information content (AvgIpc) is 3.42. The van der Waals surface area contributed by atoms with Gasteiger partial charge in [-0.05, 0) is 70.6 Å². The molecule has 0 fully saturated rings. The molecule has 0 saturated carbocycles. The van der Waals surface area contributed by atoms with Crippen molar-refractivity contribution in [1.82, 2.24) is 14.0 Å². The molecule has 192 valence electrons. The molecule has 3 heterocycles. The number of imidazole rings is 1. The average molecular weight is 528 g/mol. The van der Waals surface area contributed by atoms with Gasteiger partial charge in [-0.2, -0.15) is 0 Å². The minimum atomic E-state index is -0.147. The fourth-order valence-corrected chi connectivity index (χ4v) is 6.33. The van der Waals surface area contributed by atoms with Crippen molar-refractivity contribution >= 4 is 38.4 Å². The summed E-state index contributed by atoms with van der Waals surface area (Å²) in [6, 6.07) is 42.7. The number of benzene rings is 6. The van der Waals surface area contributed by atoms with Gasteiger partial charge in [-0.3, -0.25) is 4.57 Å². The molecule has 2 aromatic heterocycles. The maximum atomic E-state index is 14.2. The maximum Gasteiger partial charge on any atom is 0.339 e. The zero-order chi connectivity index (χ0) is 27.1. The monoisotopic (exact) mass is 527 g/mol. The number of rotatable bonds is 2. The molecule has 0 spiro atoms. The summed E-state index contributed by atoms with van der Waals surface area (Å²) in [7, 11) is 0. The number of ether oxygens (including phenoxy) is 1. The van der Waals surface area contributed by atoms with E-state index in [-0.39, 0.29) is 5.69 Å². The van der Waals surface area contributed by atoms with Crippen molar-refractivity contribution in [2.75, 3.05) is 0 Å². The first kappa shape index (κ1) is 22.2. The lowest BCUT2D eigenvalue weighted by Gasteiger charge is -2.22. The molecule has 1 aliphatic heterocycles. The predicted molar refractivity (Wildman–Crippen MR) is 164 cm³/mol. The second-order valence-electron chi connectivity index (χ2n) is 10.4. The van der Waals surface area contributed by atoms with E-state index in [0.29, 0.717) is 5.65 Å². The van der Waals surface area contributed by atoms with Gasteiger partial charge in [-0.25, -0.2) is 14.2 Å². The van der Waals surface area contributed by atoms with E-state index >= 15 is 0 Å². The van der Waals surface area contributed by atoms with Crippen LogP contribution in [-0.2, 0) is 0 Å². The molecule has 8 aromatic rings. The Labute approximate surface area is 234 Å². The van der Waals surface area contributed by atoms with Crippen molar-refractivity contribution in [3.63, 3.8) is 0 Å². The molecule has 0 saturated heterocycles. The Morgan fingerprint density at radius 3 is 2.29 bits per heavy atom. The van der Waals surface area contributed by atoms with Crippen LogP contribution in [0.5, 0.6) is 11.5 Å². The fraction of sp³-hybridized carbons (Fsp3) is 0. The number of aromatic nitrogens is 3. The van der Waals surface area contributed by atoms with Crippen LogP contribution in [0.2, 0.25) is 0 Å². The number of hydrogen-bond acceptors (Lipinski definition) is 3. The van der Waals surface area contributed by atoms with Crippen LogP contribution in [0.3, 0.4) is 0 Å². The zero-order valence-corrected chi connectivity index (χ0v) is 21.8. The van der Waals surface area contributed by atoms with E-state index in [1.807, 2.05) is 84.9 Å². The summed E-state index contributed by atoms with van der Waals surface area (Å²) in [5, 5.41) is 3.11. The Bertz CT molecular complexity index is 2420. The van der Waals surface area contributed by atoms with Crippen molar-refractivity contribution < 1.29 is 4.74 Å². The second kappa shape index (κ2) is 8.16. The molecule has 5 heteroatoms. The number of nitrogens with zero attached hydrogens (tertiary/aromatic N) is 3. The molecular formula is C36H21N3O2. The Balaban J connectivity index is 1.37. The highest BCUT2D eigenvalue weighted by atomic mass is 16.5. The van der Waals surface area contributed by atoms with E-state index < -0.39 is 0 Å². The van der Waals surface area contributed by atoms with E-state index in [1.165, 1.54) is 0 Å². The highest BCUT2D eigenvalue weighted by molar-refractivity contribution is 6.11. The highest BCUT2D eigenvalue weighted by Crippen LogP contribution is 2.48. The third-order valence-electron chi connectivity index (χ3n) is 8.15. The Kier molecular flexibility index (Phi) is 4.41. The molecule has 0 amide bonds. The molecule has 0 radical (unpaired) electrons. The lowest BCUT2D eigenvalue weighted by molar-refractivity contribution is 0.487. The van der Waals surface area contributed by atoms with E-state index in [0.717, 1.165) is 72.1 Å². The largest absolute Gasteiger partial charge is 0.456 e. The molecule has 6 aromatic carbocycles. The van der Waals surface area contributed by atoms with Gasteiger partial charge >= 0.3 is 5.69 Å². The van der Waals surface area contributed by atoms with Gasteiger partial charge in [-0.15, -0.1) is 0 Å². The van der Waals surface area contributed by atoms with Crippen molar-refractivity contribution in [3.05, 3.63) is 138 Å². The van der Waals surface area contributed by atoms with E-state index in [4.69, 9.17) is 9.72 Å². The molecular weight excluding hydrogens is 506 g/mol. The summed E-state index contributed by atoms with van der Waals surface area (Å²) < 4.78 is 9.84. The quantitative estimate of drug-likeness (QED) is 0.227. The number of hydrogen-bond donors (Lipinski definition) is 0. The molecule has 0 N–H and O–H groups in total. The highest BCUT2D eigenvalue weighted by Gasteiger charge is 2.22. The van der Waals surface area contributed by atoms with Crippen LogP contribution < -0.4 is 10.4 Å². The van der Waals surface area contributed by atoms with Gasteiger partial charge in [0.05, 0.1) is 22.2 Å². The SMILES string of the molecule is O=c1n(-c2ccccc2)c2cc(-c3ccc4c5c(cccc35)Oc3ccccc3-4)ccc2c2nc3ccccc3n12. The molecule has 0 atom stereocenters. The molecule has 9 rings (SSSR count). The van der Waals surface area contributed by atoms with Crippen LogP contribution in [0.1, 0.15) is 0 Å². The summed E-state index contributed by atoms with van der Waals surface area (Å²) >= 11 is 0. The van der Waals surface area contributed by atoms with E-state index in [2.05, 4.69) is 42.5 Å². The second-order valence-corrected chi connectivity index (χ2v) is 10.4. The van der Waals surface area contributed by atoms with Crippen LogP contribution in [0.15, 0.2) is 132 Å². The molecule has 0 unspecified atom stereocenters. The third kappa shape index (κ3) is 3.06. The van der Waals surface area contributed by atoms with Crippen LogP contribution in [0.25, 0.3) is 66.3 Å². The first-order valence-electron chi connectivity index (χ1n) is 13.6. The van der Waals surface area contributed by atoms with Gasteiger partial charge in [0.1, 0.15) is 11.5 Å². The van der Waals surface area contributed by atoms with Gasteiger partial charge in [0, 0.05) is 16.3 Å². The normalized spacial score (nSPS) is 12.2. The van der Waals surface area contributed by atoms with Crippen LogP contribution in [0.4, 0.5) is 0 Å². The van der Waals surface area contributed by atoms with Crippen LogP contribution in [-0.4, -0.2) is 14.0 Å². The van der Waals surface area contributed by atoms with Crippen LogP contribution >= 0.6 is 0 Å². The van der Waals surface area contributed by atoms with Crippen molar-refractivity contribution in [2.24, 2.45) is 0 Å². The summed E-state index contributed by atoms with van der Waals surface area (Å²) in [4.78, 5) is 19.1. The van der Waals surface area contributed by atoms with E-state index in [1.54, 1.807) is 8.97 Å². The topological polar surface area (TPSA) is 48.5 Å². The Morgan fingerprint density at radius 1 is 0.585 bits per heavy atom.